The molecule has 2 rings (SSSR count). The zero-order chi connectivity index (χ0) is 15.4. The number of ether oxygens (including phenoxy) is 1. The predicted molar refractivity (Wildman–Crippen MR) is 84.6 cm³/mol. The Morgan fingerprint density at radius 3 is 2.52 bits per heavy atom. The third kappa shape index (κ3) is 3.67. The molecule has 21 heavy (non-hydrogen) atoms. The van der Waals surface area contributed by atoms with E-state index in [4.69, 9.17) is 27.3 Å². The number of hydrogen-bond acceptors (Lipinski definition) is 3. The monoisotopic (exact) mass is 304 g/mol. The summed E-state index contributed by atoms with van der Waals surface area (Å²) in [5, 5.41) is 12.0. The molecule has 0 aliphatic heterocycles. The molecule has 0 amide bonds. The molecule has 0 spiro atoms. The van der Waals surface area contributed by atoms with Crippen molar-refractivity contribution in [2.75, 3.05) is 0 Å². The van der Waals surface area contributed by atoms with Gasteiger partial charge in [-0.25, -0.2) is 0 Å². The standard InChI is InChI=1S/C16H17ClN2O2/c1-10(2)11-4-3-5-12(8-11)21-13-6-7-14(15(17)9-13)16(18)19-20/h3-10,20H,1-2H3,(H2,18,19). The molecule has 0 saturated heterocycles. The maximum absolute atomic E-state index is 8.67. The second-order valence-electron chi connectivity index (χ2n) is 4.96. The minimum atomic E-state index is -0.0339. The molecule has 4 nitrogen and oxygen atoms in total. The predicted octanol–water partition coefficient (Wildman–Crippen LogP) is 4.35. The van der Waals surface area contributed by atoms with Gasteiger partial charge in [-0.1, -0.05) is 42.7 Å². The minimum absolute atomic E-state index is 0.0339. The number of rotatable bonds is 4. The van der Waals surface area contributed by atoms with Gasteiger partial charge in [0.1, 0.15) is 11.5 Å². The highest BCUT2D eigenvalue weighted by Gasteiger charge is 2.08. The quantitative estimate of drug-likeness (QED) is 0.382. The molecule has 2 aromatic carbocycles. The maximum atomic E-state index is 8.67. The van der Waals surface area contributed by atoms with Crippen LogP contribution in [0.15, 0.2) is 47.6 Å². The normalized spacial score (nSPS) is 11.7. The van der Waals surface area contributed by atoms with Crippen LogP contribution < -0.4 is 10.5 Å². The molecule has 0 aromatic heterocycles. The van der Waals surface area contributed by atoms with Gasteiger partial charge in [-0.3, -0.25) is 0 Å². The Balaban J connectivity index is 2.24. The molecular formula is C16H17ClN2O2. The summed E-state index contributed by atoms with van der Waals surface area (Å²) in [5.41, 5.74) is 7.19. The first-order valence-corrected chi connectivity index (χ1v) is 6.94. The molecule has 0 radical (unpaired) electrons. The fraction of sp³-hybridized carbons (Fsp3) is 0.188. The van der Waals surface area contributed by atoms with Crippen molar-refractivity contribution in [1.29, 1.82) is 0 Å². The van der Waals surface area contributed by atoms with Gasteiger partial charge in [0, 0.05) is 11.6 Å². The summed E-state index contributed by atoms with van der Waals surface area (Å²) in [7, 11) is 0. The first-order valence-electron chi connectivity index (χ1n) is 6.56. The van der Waals surface area contributed by atoms with E-state index in [2.05, 4.69) is 25.1 Å². The van der Waals surface area contributed by atoms with E-state index in [1.165, 1.54) is 5.56 Å². The van der Waals surface area contributed by atoms with Crippen molar-refractivity contribution in [1.82, 2.24) is 0 Å². The zero-order valence-electron chi connectivity index (χ0n) is 11.9. The van der Waals surface area contributed by atoms with Crippen LogP contribution in [0.2, 0.25) is 5.02 Å². The highest BCUT2D eigenvalue weighted by molar-refractivity contribution is 6.34. The average molecular weight is 305 g/mol. The van der Waals surface area contributed by atoms with Gasteiger partial charge in [0.25, 0.3) is 0 Å². The van der Waals surface area contributed by atoms with Crippen LogP contribution >= 0.6 is 11.6 Å². The highest BCUT2D eigenvalue weighted by Crippen LogP contribution is 2.28. The Labute approximate surface area is 128 Å². The summed E-state index contributed by atoms with van der Waals surface area (Å²) >= 11 is 6.10. The van der Waals surface area contributed by atoms with Crippen molar-refractivity contribution in [2.45, 2.75) is 19.8 Å². The average Bonchev–Trinajstić information content (AvgIpc) is 2.47. The van der Waals surface area contributed by atoms with E-state index in [1.54, 1.807) is 18.2 Å². The van der Waals surface area contributed by atoms with Crippen LogP contribution in [-0.4, -0.2) is 11.0 Å². The Kier molecular flexibility index (Phi) is 4.70. The second-order valence-corrected chi connectivity index (χ2v) is 5.36. The number of hydrogen-bond donors (Lipinski definition) is 2. The summed E-state index contributed by atoms with van der Waals surface area (Å²) < 4.78 is 5.79. The van der Waals surface area contributed by atoms with Gasteiger partial charge in [0.15, 0.2) is 5.84 Å². The fourth-order valence-electron chi connectivity index (χ4n) is 1.89. The summed E-state index contributed by atoms with van der Waals surface area (Å²) in [5.74, 6) is 1.73. The van der Waals surface area contributed by atoms with Crippen LogP contribution in [0.3, 0.4) is 0 Å². The first-order chi connectivity index (χ1) is 10.0. The van der Waals surface area contributed by atoms with Crippen molar-refractivity contribution >= 4 is 17.4 Å². The van der Waals surface area contributed by atoms with Crippen molar-refractivity contribution in [3.63, 3.8) is 0 Å². The van der Waals surface area contributed by atoms with Crippen LogP contribution in [0.25, 0.3) is 0 Å². The third-order valence-corrected chi connectivity index (χ3v) is 3.40. The van der Waals surface area contributed by atoms with E-state index in [1.807, 2.05) is 18.2 Å². The van der Waals surface area contributed by atoms with Gasteiger partial charge in [-0.2, -0.15) is 0 Å². The number of benzene rings is 2. The van der Waals surface area contributed by atoms with Gasteiger partial charge in [0.05, 0.1) is 5.02 Å². The lowest BCUT2D eigenvalue weighted by Gasteiger charge is -2.11. The minimum Gasteiger partial charge on any atom is -0.457 e. The van der Waals surface area contributed by atoms with Gasteiger partial charge < -0.3 is 15.7 Å². The van der Waals surface area contributed by atoms with Crippen molar-refractivity contribution in [2.24, 2.45) is 10.9 Å². The van der Waals surface area contributed by atoms with Crippen LogP contribution in [0, 0.1) is 0 Å². The molecule has 0 aliphatic carbocycles. The zero-order valence-corrected chi connectivity index (χ0v) is 12.6. The van der Waals surface area contributed by atoms with E-state index in [9.17, 15) is 0 Å². The molecule has 0 aliphatic rings. The molecule has 0 heterocycles. The lowest BCUT2D eigenvalue weighted by molar-refractivity contribution is 0.318. The number of amidine groups is 1. The summed E-state index contributed by atoms with van der Waals surface area (Å²) in [6.07, 6.45) is 0. The Morgan fingerprint density at radius 2 is 1.90 bits per heavy atom. The third-order valence-electron chi connectivity index (χ3n) is 3.08. The molecule has 0 unspecified atom stereocenters. The van der Waals surface area contributed by atoms with E-state index in [0.717, 1.165) is 5.75 Å². The lowest BCUT2D eigenvalue weighted by Crippen LogP contribution is -2.13. The molecule has 110 valence electrons. The van der Waals surface area contributed by atoms with Gasteiger partial charge in [-0.05, 0) is 35.7 Å². The molecule has 0 atom stereocenters. The van der Waals surface area contributed by atoms with Gasteiger partial charge in [0.2, 0.25) is 0 Å². The Hall–Kier alpha value is -2.20. The molecule has 0 bridgehead atoms. The Morgan fingerprint density at radius 1 is 1.19 bits per heavy atom. The van der Waals surface area contributed by atoms with Crippen molar-refractivity contribution < 1.29 is 9.94 Å². The first kappa shape index (κ1) is 15.2. The topological polar surface area (TPSA) is 67.8 Å². The van der Waals surface area contributed by atoms with Crippen LogP contribution in [-0.2, 0) is 0 Å². The van der Waals surface area contributed by atoms with Gasteiger partial charge in [-0.15, -0.1) is 0 Å². The number of oxime groups is 1. The maximum Gasteiger partial charge on any atom is 0.171 e. The van der Waals surface area contributed by atoms with E-state index >= 15 is 0 Å². The highest BCUT2D eigenvalue weighted by atomic mass is 35.5. The van der Waals surface area contributed by atoms with E-state index in [-0.39, 0.29) is 5.84 Å². The lowest BCUT2D eigenvalue weighted by atomic mass is 10.0. The second kappa shape index (κ2) is 6.50. The summed E-state index contributed by atoms with van der Waals surface area (Å²) in [6.45, 7) is 4.25. The smallest absolute Gasteiger partial charge is 0.171 e. The number of halogens is 1. The molecule has 0 fully saturated rings. The van der Waals surface area contributed by atoms with Crippen LogP contribution in [0.5, 0.6) is 11.5 Å². The largest absolute Gasteiger partial charge is 0.457 e. The van der Waals surface area contributed by atoms with E-state index in [0.29, 0.717) is 22.3 Å². The molecule has 3 N–H and O–H groups in total. The van der Waals surface area contributed by atoms with Crippen molar-refractivity contribution in [3.8, 4) is 11.5 Å². The molecular weight excluding hydrogens is 288 g/mol. The van der Waals surface area contributed by atoms with Crippen molar-refractivity contribution in [3.05, 3.63) is 58.6 Å². The molecule has 0 saturated carbocycles. The van der Waals surface area contributed by atoms with Crippen LogP contribution in [0.1, 0.15) is 30.9 Å². The number of nitrogens with two attached hydrogens (primary N) is 1. The summed E-state index contributed by atoms with van der Waals surface area (Å²) in [6, 6.07) is 12.9. The molecule has 2 aromatic rings. The fourth-order valence-corrected chi connectivity index (χ4v) is 2.16. The van der Waals surface area contributed by atoms with Crippen LogP contribution in [0.4, 0.5) is 0 Å². The van der Waals surface area contributed by atoms with Gasteiger partial charge >= 0.3 is 0 Å². The SMILES string of the molecule is CC(C)c1cccc(Oc2ccc(C(N)=NO)c(Cl)c2)c1. The number of nitrogens with zero attached hydrogens (tertiary/aromatic N) is 1. The Bertz CT molecular complexity index is 669. The molecule has 5 heteroatoms. The summed E-state index contributed by atoms with van der Waals surface area (Å²) in [4.78, 5) is 0. The van der Waals surface area contributed by atoms with E-state index < -0.39 is 0 Å².